The van der Waals surface area contributed by atoms with Crippen LogP contribution in [0.15, 0.2) is 30.3 Å². The van der Waals surface area contributed by atoms with Crippen molar-refractivity contribution < 1.29 is 14.4 Å². The van der Waals surface area contributed by atoms with E-state index in [0.717, 1.165) is 17.5 Å². The molecule has 3 amide bonds. The van der Waals surface area contributed by atoms with Gasteiger partial charge in [0.1, 0.15) is 0 Å². The van der Waals surface area contributed by atoms with Gasteiger partial charge in [-0.25, -0.2) is 0 Å². The second kappa shape index (κ2) is 8.35. The highest BCUT2D eigenvalue weighted by Crippen LogP contribution is 2.28. The summed E-state index contributed by atoms with van der Waals surface area (Å²) in [4.78, 5) is 37.0. The van der Waals surface area contributed by atoms with Gasteiger partial charge in [-0.05, 0) is 42.7 Å². The van der Waals surface area contributed by atoms with Gasteiger partial charge in [-0.1, -0.05) is 39.8 Å². The lowest BCUT2D eigenvalue weighted by Gasteiger charge is -2.16. The number of thiophene rings is 1. The summed E-state index contributed by atoms with van der Waals surface area (Å²) < 4.78 is 0. The molecule has 0 aliphatic heterocycles. The molecule has 1 aromatic carbocycles. The van der Waals surface area contributed by atoms with E-state index in [1.165, 1.54) is 11.3 Å². The van der Waals surface area contributed by atoms with Crippen LogP contribution in [0.5, 0.6) is 0 Å². The Labute approximate surface area is 163 Å². The van der Waals surface area contributed by atoms with Crippen LogP contribution in [0.2, 0.25) is 0 Å². The number of hydrazine groups is 1. The number of hydrogen-bond donors (Lipinski definition) is 3. The van der Waals surface area contributed by atoms with Gasteiger partial charge in [0, 0.05) is 11.0 Å². The van der Waals surface area contributed by atoms with Crippen LogP contribution in [0.25, 0.3) is 0 Å². The summed E-state index contributed by atoms with van der Waals surface area (Å²) in [7, 11) is 0. The number of rotatable bonds is 4. The van der Waals surface area contributed by atoms with Gasteiger partial charge in [0.05, 0.1) is 9.88 Å². The summed E-state index contributed by atoms with van der Waals surface area (Å²) >= 11 is 1.17. The summed E-state index contributed by atoms with van der Waals surface area (Å²) in [6, 6.07) is 8.94. The van der Waals surface area contributed by atoms with Crippen molar-refractivity contribution in [2.75, 3.05) is 5.32 Å². The Morgan fingerprint density at radius 2 is 1.59 bits per heavy atom. The lowest BCUT2D eigenvalue weighted by atomic mass is 9.96. The zero-order valence-electron chi connectivity index (χ0n) is 16.2. The van der Waals surface area contributed by atoms with E-state index in [9.17, 15) is 14.4 Å². The molecular weight excluding hydrogens is 362 g/mol. The standard InChI is InChI=1S/C20H25N3O3S/c1-6-13-7-9-14(10-8-13)17(24)22-23-18(25)16-12(2)11-15(27-16)21-19(26)20(3,4)5/h7-11H,6H2,1-5H3,(H,21,26)(H,22,24)(H,23,25). The van der Waals surface area contributed by atoms with E-state index in [-0.39, 0.29) is 11.8 Å². The molecule has 7 heteroatoms. The SMILES string of the molecule is CCc1ccc(C(=O)NNC(=O)c2sc(NC(=O)C(C)(C)C)cc2C)cc1. The van der Waals surface area contributed by atoms with E-state index in [0.29, 0.717) is 15.4 Å². The fourth-order valence-corrected chi connectivity index (χ4v) is 3.17. The fourth-order valence-electron chi connectivity index (χ4n) is 2.20. The third-order valence-corrected chi connectivity index (χ3v) is 5.11. The minimum Gasteiger partial charge on any atom is -0.317 e. The molecule has 0 saturated heterocycles. The van der Waals surface area contributed by atoms with Gasteiger partial charge < -0.3 is 5.32 Å². The van der Waals surface area contributed by atoms with Crippen LogP contribution in [0, 0.1) is 12.3 Å². The largest absolute Gasteiger partial charge is 0.317 e. The molecular formula is C20H25N3O3S. The molecule has 0 aliphatic carbocycles. The number of nitrogens with one attached hydrogen (secondary N) is 3. The normalized spacial score (nSPS) is 11.0. The number of carbonyl (C=O) groups is 3. The summed E-state index contributed by atoms with van der Waals surface area (Å²) in [5.74, 6) is -0.937. The Kier molecular flexibility index (Phi) is 6.38. The molecule has 0 atom stereocenters. The molecule has 6 nitrogen and oxygen atoms in total. The quantitative estimate of drug-likeness (QED) is 0.700. The van der Waals surface area contributed by atoms with Crippen molar-refractivity contribution in [1.82, 2.24) is 10.9 Å². The Bertz CT molecular complexity index is 848. The van der Waals surface area contributed by atoms with Crippen molar-refractivity contribution in [3.05, 3.63) is 51.9 Å². The van der Waals surface area contributed by atoms with Crippen molar-refractivity contribution >= 4 is 34.1 Å². The first-order valence-corrected chi connectivity index (χ1v) is 9.55. The Morgan fingerprint density at radius 3 is 2.15 bits per heavy atom. The molecule has 0 fully saturated rings. The highest BCUT2D eigenvalue weighted by Gasteiger charge is 2.23. The maximum atomic E-state index is 12.4. The summed E-state index contributed by atoms with van der Waals surface area (Å²) in [6.45, 7) is 9.28. The topological polar surface area (TPSA) is 87.3 Å². The molecule has 2 aromatic rings. The third kappa shape index (κ3) is 5.40. The molecule has 0 aliphatic rings. The van der Waals surface area contributed by atoms with Crippen molar-refractivity contribution in [1.29, 1.82) is 0 Å². The van der Waals surface area contributed by atoms with Crippen LogP contribution < -0.4 is 16.2 Å². The van der Waals surface area contributed by atoms with Gasteiger partial charge in [-0.15, -0.1) is 11.3 Å². The van der Waals surface area contributed by atoms with Gasteiger partial charge in [-0.3, -0.25) is 25.2 Å². The maximum Gasteiger partial charge on any atom is 0.280 e. The third-order valence-electron chi connectivity index (χ3n) is 3.96. The zero-order chi connectivity index (χ0) is 20.2. The zero-order valence-corrected chi connectivity index (χ0v) is 17.0. The second-order valence-electron chi connectivity index (χ2n) is 7.29. The van der Waals surface area contributed by atoms with Crippen LogP contribution >= 0.6 is 11.3 Å². The molecule has 1 aromatic heterocycles. The average molecular weight is 388 g/mol. The minimum absolute atomic E-state index is 0.125. The second-order valence-corrected chi connectivity index (χ2v) is 8.34. The molecule has 0 saturated carbocycles. The van der Waals surface area contributed by atoms with E-state index in [2.05, 4.69) is 16.2 Å². The van der Waals surface area contributed by atoms with E-state index in [1.807, 2.05) is 39.8 Å². The van der Waals surface area contributed by atoms with E-state index < -0.39 is 11.3 Å². The Morgan fingerprint density at radius 1 is 1.00 bits per heavy atom. The van der Waals surface area contributed by atoms with Crippen LogP contribution in [-0.2, 0) is 11.2 Å². The number of benzene rings is 1. The summed E-state index contributed by atoms with van der Waals surface area (Å²) in [6.07, 6.45) is 0.893. The molecule has 0 bridgehead atoms. The first-order valence-electron chi connectivity index (χ1n) is 8.73. The van der Waals surface area contributed by atoms with Crippen LogP contribution in [0.3, 0.4) is 0 Å². The highest BCUT2D eigenvalue weighted by molar-refractivity contribution is 7.18. The Balaban J connectivity index is 1.99. The first kappa shape index (κ1) is 20.6. The Hall–Kier alpha value is -2.67. The van der Waals surface area contributed by atoms with E-state index in [4.69, 9.17) is 0 Å². The molecule has 27 heavy (non-hydrogen) atoms. The number of aryl methyl sites for hydroxylation is 2. The van der Waals surface area contributed by atoms with Crippen LogP contribution in [0.1, 0.15) is 58.9 Å². The summed E-state index contributed by atoms with van der Waals surface area (Å²) in [5.41, 5.74) is 6.64. The highest BCUT2D eigenvalue weighted by atomic mass is 32.1. The smallest absolute Gasteiger partial charge is 0.280 e. The lowest BCUT2D eigenvalue weighted by Crippen LogP contribution is -2.41. The molecule has 1 heterocycles. The predicted octanol–water partition coefficient (Wildman–Crippen LogP) is 3.68. The van der Waals surface area contributed by atoms with Crippen molar-refractivity contribution in [2.45, 2.75) is 41.0 Å². The lowest BCUT2D eigenvalue weighted by molar-refractivity contribution is -0.123. The molecule has 2 rings (SSSR count). The molecule has 3 N–H and O–H groups in total. The van der Waals surface area contributed by atoms with Gasteiger partial charge in [0.15, 0.2) is 0 Å². The van der Waals surface area contributed by atoms with Gasteiger partial charge in [-0.2, -0.15) is 0 Å². The monoisotopic (exact) mass is 387 g/mol. The number of carbonyl (C=O) groups excluding carboxylic acids is 3. The number of amides is 3. The van der Waals surface area contributed by atoms with Crippen molar-refractivity contribution in [3.8, 4) is 0 Å². The first-order chi connectivity index (χ1) is 12.6. The summed E-state index contributed by atoms with van der Waals surface area (Å²) in [5, 5.41) is 3.41. The fraction of sp³-hybridized carbons (Fsp3) is 0.350. The predicted molar refractivity (Wildman–Crippen MR) is 108 cm³/mol. The van der Waals surface area contributed by atoms with Gasteiger partial charge in [0.25, 0.3) is 11.8 Å². The average Bonchev–Trinajstić information content (AvgIpc) is 2.99. The van der Waals surface area contributed by atoms with Crippen LogP contribution in [-0.4, -0.2) is 17.7 Å². The minimum atomic E-state index is -0.526. The van der Waals surface area contributed by atoms with Crippen molar-refractivity contribution in [3.63, 3.8) is 0 Å². The van der Waals surface area contributed by atoms with Gasteiger partial charge in [0.2, 0.25) is 5.91 Å². The van der Waals surface area contributed by atoms with E-state index in [1.54, 1.807) is 25.1 Å². The van der Waals surface area contributed by atoms with Gasteiger partial charge >= 0.3 is 0 Å². The number of hydrogen-bond acceptors (Lipinski definition) is 4. The van der Waals surface area contributed by atoms with Crippen LogP contribution in [0.4, 0.5) is 5.00 Å². The molecule has 144 valence electrons. The molecule has 0 unspecified atom stereocenters. The van der Waals surface area contributed by atoms with E-state index >= 15 is 0 Å². The molecule has 0 spiro atoms. The maximum absolute atomic E-state index is 12.4. The van der Waals surface area contributed by atoms with Crippen molar-refractivity contribution in [2.24, 2.45) is 5.41 Å². The molecule has 0 radical (unpaired) electrons. The number of anilines is 1.